The Morgan fingerprint density at radius 3 is 2.94 bits per heavy atom. The van der Waals surface area contributed by atoms with Gasteiger partial charge < -0.3 is 20.5 Å². The minimum Gasteiger partial charge on any atom is -0.382 e. The van der Waals surface area contributed by atoms with Crippen LogP contribution < -0.4 is 11.1 Å². The predicted molar refractivity (Wildman–Crippen MR) is 74.1 cm³/mol. The Labute approximate surface area is 110 Å². The summed E-state index contributed by atoms with van der Waals surface area (Å²) in [6, 6.07) is 0. The number of nitrogens with zero attached hydrogens (tertiary/aromatic N) is 1. The Balaban J connectivity index is 2.13. The quantitative estimate of drug-likeness (QED) is 0.531. The van der Waals surface area contributed by atoms with Crippen molar-refractivity contribution in [1.29, 1.82) is 0 Å². The molecule has 0 fully saturated rings. The highest BCUT2D eigenvalue weighted by Crippen LogP contribution is 2.34. The number of ether oxygens (including phenoxy) is 2. The molecule has 0 bridgehead atoms. The second-order valence-corrected chi connectivity index (χ2v) is 4.91. The molecule has 0 aromatic carbocycles. The van der Waals surface area contributed by atoms with Gasteiger partial charge in [-0.2, -0.15) is 4.37 Å². The van der Waals surface area contributed by atoms with Crippen LogP contribution in [-0.4, -0.2) is 44.1 Å². The molecule has 0 unspecified atom stereocenters. The van der Waals surface area contributed by atoms with Gasteiger partial charge >= 0.3 is 0 Å². The molecule has 7 heteroatoms. The lowest BCUT2D eigenvalue weighted by atomic mass is 10.4. The van der Waals surface area contributed by atoms with Crippen LogP contribution in [0.4, 0.5) is 10.8 Å². The molecule has 0 spiro atoms. The van der Waals surface area contributed by atoms with Crippen LogP contribution in [0.2, 0.25) is 0 Å². The van der Waals surface area contributed by atoms with E-state index in [0.29, 0.717) is 19.0 Å². The zero-order valence-electron chi connectivity index (χ0n) is 10.2. The molecule has 0 amide bonds. The summed E-state index contributed by atoms with van der Waals surface area (Å²) < 4.78 is 14.4. The number of nitrogens with two attached hydrogens (primary N) is 1. The highest BCUT2D eigenvalue weighted by Gasteiger charge is 2.09. The molecule has 0 atom stereocenters. The average molecular weight is 277 g/mol. The number of nitrogens with one attached hydrogen (secondary N) is 1. The molecule has 98 valence electrons. The van der Waals surface area contributed by atoms with Gasteiger partial charge in [-0.3, -0.25) is 0 Å². The monoisotopic (exact) mass is 277 g/mol. The van der Waals surface area contributed by atoms with Gasteiger partial charge in [0, 0.05) is 20.3 Å². The lowest BCUT2D eigenvalue weighted by Gasteiger charge is -2.06. The Bertz CT molecular complexity index is 320. The molecule has 1 rings (SSSR count). The van der Waals surface area contributed by atoms with Crippen molar-refractivity contribution in [3.05, 3.63) is 0 Å². The molecule has 0 aliphatic heterocycles. The first-order chi connectivity index (χ1) is 8.29. The number of methoxy groups -OCH3 is 1. The van der Waals surface area contributed by atoms with E-state index < -0.39 is 0 Å². The fraction of sp³-hybridized carbons (Fsp3) is 0.700. The van der Waals surface area contributed by atoms with Crippen molar-refractivity contribution in [2.24, 2.45) is 0 Å². The van der Waals surface area contributed by atoms with E-state index in [9.17, 15) is 0 Å². The van der Waals surface area contributed by atoms with E-state index in [1.165, 1.54) is 11.5 Å². The van der Waals surface area contributed by atoms with Gasteiger partial charge in [-0.15, -0.1) is 11.8 Å². The SMILES string of the molecule is COCCOCCCNc1snc(N)c1SC. The summed E-state index contributed by atoms with van der Waals surface area (Å²) in [6.45, 7) is 2.90. The van der Waals surface area contributed by atoms with E-state index in [1.807, 2.05) is 6.26 Å². The van der Waals surface area contributed by atoms with Gasteiger partial charge in [0.1, 0.15) is 5.00 Å². The first kappa shape index (κ1) is 14.6. The molecule has 0 saturated carbocycles. The predicted octanol–water partition coefficient (Wildman–Crippen LogP) is 1.91. The van der Waals surface area contributed by atoms with Gasteiger partial charge in [-0.1, -0.05) is 0 Å². The Morgan fingerprint density at radius 1 is 1.41 bits per heavy atom. The molecule has 1 heterocycles. The van der Waals surface area contributed by atoms with E-state index in [-0.39, 0.29) is 0 Å². The Morgan fingerprint density at radius 2 is 2.24 bits per heavy atom. The zero-order valence-corrected chi connectivity index (χ0v) is 11.8. The van der Waals surface area contributed by atoms with Gasteiger partial charge in [0.15, 0.2) is 5.82 Å². The topological polar surface area (TPSA) is 69.4 Å². The van der Waals surface area contributed by atoms with Crippen molar-refractivity contribution in [2.75, 3.05) is 50.8 Å². The summed E-state index contributed by atoms with van der Waals surface area (Å²) in [4.78, 5) is 1.04. The molecule has 0 aliphatic rings. The molecule has 0 radical (unpaired) electrons. The van der Waals surface area contributed by atoms with Gasteiger partial charge in [0.25, 0.3) is 0 Å². The molecule has 5 nitrogen and oxygen atoms in total. The summed E-state index contributed by atoms with van der Waals surface area (Å²) in [7, 11) is 1.67. The lowest BCUT2D eigenvalue weighted by molar-refractivity contribution is 0.0705. The minimum absolute atomic E-state index is 0.612. The van der Waals surface area contributed by atoms with Crippen LogP contribution in [0.5, 0.6) is 0 Å². The lowest BCUT2D eigenvalue weighted by Crippen LogP contribution is -2.08. The summed E-state index contributed by atoms with van der Waals surface area (Å²) in [5, 5.41) is 4.37. The molecular weight excluding hydrogens is 258 g/mol. The molecule has 1 aromatic rings. The van der Waals surface area contributed by atoms with E-state index in [2.05, 4.69) is 9.69 Å². The fourth-order valence-corrected chi connectivity index (χ4v) is 2.79. The molecule has 1 aromatic heterocycles. The maximum Gasteiger partial charge on any atom is 0.153 e. The fourth-order valence-electron chi connectivity index (χ4n) is 1.22. The molecular formula is C10H19N3O2S2. The number of anilines is 2. The molecule has 0 saturated heterocycles. The first-order valence-corrected chi connectivity index (χ1v) is 7.39. The van der Waals surface area contributed by atoms with Crippen molar-refractivity contribution in [3.63, 3.8) is 0 Å². The number of hydrogen-bond donors (Lipinski definition) is 2. The van der Waals surface area contributed by atoms with Crippen LogP contribution >= 0.6 is 23.3 Å². The smallest absolute Gasteiger partial charge is 0.153 e. The summed E-state index contributed by atoms with van der Waals surface area (Å²) in [6.07, 6.45) is 2.95. The Kier molecular flexibility index (Phi) is 7.34. The maximum atomic E-state index is 5.74. The molecule has 3 N–H and O–H groups in total. The van der Waals surface area contributed by atoms with Crippen molar-refractivity contribution in [3.8, 4) is 0 Å². The van der Waals surface area contributed by atoms with Gasteiger partial charge in [-0.25, -0.2) is 0 Å². The first-order valence-electron chi connectivity index (χ1n) is 5.39. The third kappa shape index (κ3) is 5.12. The van der Waals surface area contributed by atoms with Gasteiger partial charge in [-0.05, 0) is 24.2 Å². The highest BCUT2D eigenvalue weighted by atomic mass is 32.2. The normalized spacial score (nSPS) is 10.7. The summed E-state index contributed by atoms with van der Waals surface area (Å²) in [5.41, 5.74) is 5.74. The standard InChI is InChI=1S/C10H19N3O2S2/c1-14-6-7-15-5-3-4-12-10-8(16-2)9(11)13-17-10/h12H,3-7H2,1-2H3,(H2,11,13). The Hall–Kier alpha value is -0.500. The number of thioether (sulfide) groups is 1. The molecule has 17 heavy (non-hydrogen) atoms. The van der Waals surface area contributed by atoms with Crippen LogP contribution in [0.25, 0.3) is 0 Å². The summed E-state index contributed by atoms with van der Waals surface area (Å²) >= 11 is 3.02. The maximum absolute atomic E-state index is 5.74. The van der Waals surface area contributed by atoms with E-state index >= 15 is 0 Å². The van der Waals surface area contributed by atoms with Gasteiger partial charge in [0.05, 0.1) is 18.1 Å². The second kappa shape index (κ2) is 8.57. The van der Waals surface area contributed by atoms with Crippen molar-refractivity contribution in [2.45, 2.75) is 11.3 Å². The van der Waals surface area contributed by atoms with Gasteiger partial charge in [0.2, 0.25) is 0 Å². The van der Waals surface area contributed by atoms with E-state index in [4.69, 9.17) is 15.2 Å². The van der Waals surface area contributed by atoms with Crippen LogP contribution in [-0.2, 0) is 9.47 Å². The van der Waals surface area contributed by atoms with Crippen molar-refractivity contribution < 1.29 is 9.47 Å². The second-order valence-electron chi connectivity index (χ2n) is 3.32. The zero-order chi connectivity index (χ0) is 12.5. The van der Waals surface area contributed by atoms with E-state index in [1.54, 1.807) is 18.9 Å². The number of aromatic nitrogens is 1. The largest absolute Gasteiger partial charge is 0.382 e. The number of nitrogen functional groups attached to an aromatic ring is 1. The van der Waals surface area contributed by atoms with Crippen LogP contribution in [0, 0.1) is 0 Å². The van der Waals surface area contributed by atoms with E-state index in [0.717, 1.165) is 29.5 Å². The summed E-state index contributed by atoms with van der Waals surface area (Å²) in [5.74, 6) is 0.612. The molecule has 0 aliphatic carbocycles. The number of rotatable bonds is 9. The third-order valence-electron chi connectivity index (χ3n) is 2.06. The number of hydrogen-bond acceptors (Lipinski definition) is 7. The highest BCUT2D eigenvalue weighted by molar-refractivity contribution is 7.99. The van der Waals surface area contributed by atoms with Crippen molar-refractivity contribution in [1.82, 2.24) is 4.37 Å². The van der Waals surface area contributed by atoms with Crippen LogP contribution in [0.15, 0.2) is 4.90 Å². The minimum atomic E-state index is 0.612. The van der Waals surface area contributed by atoms with Crippen molar-refractivity contribution >= 4 is 34.1 Å². The van der Waals surface area contributed by atoms with Crippen LogP contribution in [0.1, 0.15) is 6.42 Å². The average Bonchev–Trinajstić information content (AvgIpc) is 2.69. The van der Waals surface area contributed by atoms with Crippen LogP contribution in [0.3, 0.4) is 0 Å². The third-order valence-corrected chi connectivity index (χ3v) is 3.83.